The van der Waals surface area contributed by atoms with Crippen LogP contribution in [0.2, 0.25) is 5.02 Å². The Morgan fingerprint density at radius 2 is 1.79 bits per heavy atom. The van der Waals surface area contributed by atoms with Crippen LogP contribution in [0.4, 0.5) is 5.69 Å². The Morgan fingerprint density at radius 1 is 1.11 bits per heavy atom. The van der Waals surface area contributed by atoms with Gasteiger partial charge in [0.15, 0.2) is 5.11 Å². The molecule has 0 saturated carbocycles. The maximum absolute atomic E-state index is 6.08. The number of anilines is 1. The van der Waals surface area contributed by atoms with Gasteiger partial charge in [0.2, 0.25) is 0 Å². The third-order valence-electron chi connectivity index (χ3n) is 2.50. The fourth-order valence-corrected chi connectivity index (χ4v) is 2.18. The minimum Gasteiger partial charge on any atom is -0.358 e. The molecular weight excluding hydrogens is 344 g/mol. The van der Waals surface area contributed by atoms with Crippen LogP contribution in [0.3, 0.4) is 0 Å². The summed E-state index contributed by atoms with van der Waals surface area (Å²) >= 11 is 14.7. The molecule has 2 aromatic carbocycles. The second kappa shape index (κ2) is 6.89. The van der Waals surface area contributed by atoms with E-state index in [1.54, 1.807) is 0 Å². The highest BCUT2D eigenvalue weighted by atomic mass is 79.9. The predicted octanol–water partition coefficient (Wildman–Crippen LogP) is 4.59. The van der Waals surface area contributed by atoms with Gasteiger partial charge in [-0.15, -0.1) is 0 Å². The Kier molecular flexibility index (Phi) is 5.19. The van der Waals surface area contributed by atoms with Crippen LogP contribution >= 0.6 is 39.7 Å². The van der Waals surface area contributed by atoms with Gasteiger partial charge in [-0.3, -0.25) is 0 Å². The van der Waals surface area contributed by atoms with Gasteiger partial charge in [0.25, 0.3) is 0 Å². The molecule has 0 atom stereocenters. The average Bonchev–Trinajstić information content (AvgIpc) is 2.40. The number of nitrogens with one attached hydrogen (secondary N) is 2. The van der Waals surface area contributed by atoms with Crippen molar-refractivity contribution >= 4 is 50.5 Å². The van der Waals surface area contributed by atoms with Crippen molar-refractivity contribution in [1.29, 1.82) is 0 Å². The molecule has 0 aliphatic rings. The van der Waals surface area contributed by atoms with Crippen molar-refractivity contribution < 1.29 is 0 Å². The molecule has 0 saturated heterocycles. The third-order valence-corrected chi connectivity index (χ3v) is 3.64. The summed E-state index contributed by atoms with van der Waals surface area (Å²) < 4.78 is 1.04. The summed E-state index contributed by atoms with van der Waals surface area (Å²) in [5.74, 6) is 0. The number of thiocarbonyl (C=S) groups is 1. The fourth-order valence-electron chi connectivity index (χ4n) is 1.53. The van der Waals surface area contributed by atoms with Crippen LogP contribution in [-0.4, -0.2) is 5.11 Å². The lowest BCUT2D eigenvalue weighted by molar-refractivity contribution is 0.926. The second-order valence-electron chi connectivity index (χ2n) is 3.91. The lowest BCUT2D eigenvalue weighted by atomic mass is 10.2. The van der Waals surface area contributed by atoms with Crippen LogP contribution in [0.25, 0.3) is 0 Å². The first-order valence-electron chi connectivity index (χ1n) is 5.69. The predicted molar refractivity (Wildman–Crippen MR) is 88.7 cm³/mol. The van der Waals surface area contributed by atoms with E-state index in [4.69, 9.17) is 23.8 Å². The second-order valence-corrected chi connectivity index (χ2v) is 5.64. The van der Waals surface area contributed by atoms with Gasteiger partial charge in [0.1, 0.15) is 0 Å². The van der Waals surface area contributed by atoms with Gasteiger partial charge >= 0.3 is 0 Å². The van der Waals surface area contributed by atoms with E-state index in [1.807, 2.05) is 48.5 Å². The number of benzene rings is 2. The first-order chi connectivity index (χ1) is 9.15. The summed E-state index contributed by atoms with van der Waals surface area (Å²) in [5, 5.41) is 7.55. The van der Waals surface area contributed by atoms with Crippen LogP contribution in [-0.2, 0) is 6.54 Å². The Hall–Kier alpha value is -1.10. The standard InChI is InChI=1S/C14H12BrClN2S/c15-11-5-7-12(8-6-11)18-14(19)17-9-10-3-1-2-4-13(10)16/h1-8H,9H2,(H2,17,18,19). The summed E-state index contributed by atoms with van der Waals surface area (Å²) in [6, 6.07) is 15.5. The summed E-state index contributed by atoms with van der Waals surface area (Å²) in [7, 11) is 0. The number of halogens is 2. The molecule has 0 heterocycles. The quantitative estimate of drug-likeness (QED) is 0.788. The van der Waals surface area contributed by atoms with E-state index in [0.29, 0.717) is 11.7 Å². The molecular formula is C14H12BrClN2S. The minimum atomic E-state index is 0.572. The van der Waals surface area contributed by atoms with Crippen molar-refractivity contribution in [3.63, 3.8) is 0 Å². The highest BCUT2D eigenvalue weighted by Gasteiger charge is 2.01. The van der Waals surface area contributed by atoms with Gasteiger partial charge in [-0.05, 0) is 48.1 Å². The topological polar surface area (TPSA) is 24.1 Å². The van der Waals surface area contributed by atoms with Gasteiger partial charge in [-0.2, -0.15) is 0 Å². The SMILES string of the molecule is S=C(NCc1ccccc1Cl)Nc1ccc(Br)cc1. The van der Waals surface area contributed by atoms with Gasteiger partial charge in [-0.1, -0.05) is 45.7 Å². The smallest absolute Gasteiger partial charge is 0.171 e. The minimum absolute atomic E-state index is 0.572. The first-order valence-corrected chi connectivity index (χ1v) is 7.27. The average molecular weight is 356 g/mol. The monoisotopic (exact) mass is 354 g/mol. The van der Waals surface area contributed by atoms with E-state index >= 15 is 0 Å². The van der Waals surface area contributed by atoms with Crippen LogP contribution in [0, 0.1) is 0 Å². The third kappa shape index (κ3) is 4.49. The van der Waals surface area contributed by atoms with Gasteiger partial charge in [0, 0.05) is 21.7 Å². The molecule has 19 heavy (non-hydrogen) atoms. The molecule has 0 aliphatic heterocycles. The Labute approximate surface area is 131 Å². The summed E-state index contributed by atoms with van der Waals surface area (Å²) in [4.78, 5) is 0. The Balaban J connectivity index is 1.88. The van der Waals surface area contributed by atoms with Gasteiger partial charge in [-0.25, -0.2) is 0 Å². The largest absolute Gasteiger partial charge is 0.358 e. The molecule has 2 nitrogen and oxygen atoms in total. The zero-order valence-corrected chi connectivity index (χ0v) is 13.1. The summed E-state index contributed by atoms with van der Waals surface area (Å²) in [6.45, 7) is 0.599. The highest BCUT2D eigenvalue weighted by molar-refractivity contribution is 9.10. The number of hydrogen-bond acceptors (Lipinski definition) is 1. The molecule has 2 aromatic rings. The van der Waals surface area contributed by atoms with E-state index in [9.17, 15) is 0 Å². The molecule has 0 radical (unpaired) electrons. The van der Waals surface area contributed by atoms with E-state index in [-0.39, 0.29) is 0 Å². The molecule has 5 heteroatoms. The van der Waals surface area contributed by atoms with E-state index in [1.165, 1.54) is 0 Å². The molecule has 0 spiro atoms. The van der Waals surface area contributed by atoms with Crippen molar-refractivity contribution in [2.45, 2.75) is 6.54 Å². The normalized spacial score (nSPS) is 10.0. The lowest BCUT2D eigenvalue weighted by Crippen LogP contribution is -2.27. The van der Waals surface area contributed by atoms with Crippen LogP contribution in [0.1, 0.15) is 5.56 Å². The zero-order chi connectivity index (χ0) is 13.7. The van der Waals surface area contributed by atoms with Crippen molar-refractivity contribution in [2.24, 2.45) is 0 Å². The zero-order valence-electron chi connectivity index (χ0n) is 9.99. The summed E-state index contributed by atoms with van der Waals surface area (Å²) in [5.41, 5.74) is 1.96. The molecule has 0 fully saturated rings. The molecule has 0 bridgehead atoms. The maximum atomic E-state index is 6.08. The van der Waals surface area contributed by atoms with Crippen LogP contribution < -0.4 is 10.6 Å². The Bertz CT molecular complexity index is 572. The van der Waals surface area contributed by atoms with E-state index < -0.39 is 0 Å². The summed E-state index contributed by atoms with van der Waals surface area (Å²) in [6.07, 6.45) is 0. The van der Waals surface area contributed by atoms with Crippen molar-refractivity contribution in [3.8, 4) is 0 Å². The van der Waals surface area contributed by atoms with Crippen molar-refractivity contribution in [2.75, 3.05) is 5.32 Å². The molecule has 2 N–H and O–H groups in total. The van der Waals surface area contributed by atoms with Crippen molar-refractivity contribution in [1.82, 2.24) is 5.32 Å². The molecule has 2 rings (SSSR count). The molecule has 0 aliphatic carbocycles. The van der Waals surface area contributed by atoms with E-state index in [2.05, 4.69) is 26.6 Å². The number of hydrogen-bond donors (Lipinski definition) is 2. The maximum Gasteiger partial charge on any atom is 0.171 e. The first kappa shape index (κ1) is 14.3. The molecule has 0 amide bonds. The van der Waals surface area contributed by atoms with Crippen molar-refractivity contribution in [3.05, 3.63) is 63.6 Å². The lowest BCUT2D eigenvalue weighted by Gasteiger charge is -2.11. The Morgan fingerprint density at radius 3 is 2.47 bits per heavy atom. The van der Waals surface area contributed by atoms with Crippen LogP contribution in [0.15, 0.2) is 53.0 Å². The molecule has 0 unspecified atom stereocenters. The number of rotatable bonds is 3. The van der Waals surface area contributed by atoms with Gasteiger partial charge < -0.3 is 10.6 Å². The van der Waals surface area contributed by atoms with Crippen LogP contribution in [0.5, 0.6) is 0 Å². The molecule has 98 valence electrons. The fraction of sp³-hybridized carbons (Fsp3) is 0.0714. The molecule has 0 aromatic heterocycles. The van der Waals surface area contributed by atoms with Gasteiger partial charge in [0.05, 0.1) is 0 Å². The van der Waals surface area contributed by atoms with E-state index in [0.717, 1.165) is 20.7 Å². The highest BCUT2D eigenvalue weighted by Crippen LogP contribution is 2.15.